The molecule has 50 heavy (non-hydrogen) atoms. The number of aromatic nitrogens is 1. The number of nitrogens with two attached hydrogens (primary N) is 1. The summed E-state index contributed by atoms with van der Waals surface area (Å²) >= 11 is 0. The molecule has 0 spiro atoms. The minimum atomic E-state index is -0.252. The molecule has 0 radical (unpaired) electrons. The van der Waals surface area contributed by atoms with Gasteiger partial charge in [-0.2, -0.15) is 0 Å². The predicted molar refractivity (Wildman–Crippen MR) is 203 cm³/mol. The highest BCUT2D eigenvalue weighted by Crippen LogP contribution is 2.38. The van der Waals surface area contributed by atoms with E-state index < -0.39 is 0 Å². The third kappa shape index (κ3) is 4.83. The molecule has 3 heterocycles. The Kier molecular flexibility index (Phi) is 6.72. The van der Waals surface area contributed by atoms with E-state index in [1.807, 2.05) is 12.1 Å². The zero-order valence-corrected chi connectivity index (χ0v) is 27.2. The lowest BCUT2D eigenvalue weighted by molar-refractivity contribution is -0.600. The number of rotatable bonds is 5. The van der Waals surface area contributed by atoms with Gasteiger partial charge in [-0.1, -0.05) is 115 Å². The van der Waals surface area contributed by atoms with E-state index in [4.69, 9.17) is 9.41 Å². The van der Waals surface area contributed by atoms with Crippen molar-refractivity contribution in [3.8, 4) is 16.8 Å². The molecule has 0 saturated heterocycles. The van der Waals surface area contributed by atoms with Crippen molar-refractivity contribution in [2.75, 3.05) is 0 Å². The van der Waals surface area contributed by atoms with E-state index in [-0.39, 0.29) is 12.3 Å². The number of nitrogens with zero attached hydrogens (tertiary/aromatic N) is 2. The zero-order chi connectivity index (χ0) is 33.0. The van der Waals surface area contributed by atoms with Crippen molar-refractivity contribution in [2.45, 2.75) is 12.3 Å². The fourth-order valence-corrected chi connectivity index (χ4v) is 7.58. The average molecular weight is 646 g/mol. The lowest BCUT2D eigenvalue weighted by Crippen LogP contribution is -2.93. The molecule has 10 rings (SSSR count). The molecule has 1 aliphatic rings. The molecule has 0 bridgehead atoms. The molecule has 0 aliphatic carbocycles. The highest BCUT2D eigenvalue weighted by molar-refractivity contribution is 6.17. The number of hydrogen-bond acceptors (Lipinski definition) is 3. The fourth-order valence-electron chi connectivity index (χ4n) is 7.58. The topological polar surface area (TPSA) is 59.1 Å². The van der Waals surface area contributed by atoms with Gasteiger partial charge in [0.1, 0.15) is 17.3 Å². The van der Waals surface area contributed by atoms with Gasteiger partial charge in [-0.15, -0.1) is 0 Å². The summed E-state index contributed by atoms with van der Waals surface area (Å²) < 4.78 is 8.70. The largest absolute Gasteiger partial charge is 0.456 e. The first-order chi connectivity index (χ1) is 24.8. The molecule has 7 aromatic carbocycles. The maximum atomic E-state index is 6.31. The van der Waals surface area contributed by atoms with E-state index in [0.717, 1.165) is 55.6 Å². The molecular formula is C45H33N4O+. The number of quaternary nitrogens is 1. The van der Waals surface area contributed by atoms with Crippen molar-refractivity contribution >= 4 is 49.6 Å². The van der Waals surface area contributed by atoms with Crippen LogP contribution in [-0.2, 0) is 0 Å². The SMILES string of the molecule is c1ccc(C2=NC(c3cccc(-n4c5ccccc5c5cc6oc7ccccc7c6cc54)c3)NC(c3cccc(-c4ccccc4)c3)[NH2+]2)cc1. The van der Waals surface area contributed by atoms with Crippen molar-refractivity contribution in [3.05, 3.63) is 187 Å². The second-order valence-corrected chi connectivity index (χ2v) is 13.0. The summed E-state index contributed by atoms with van der Waals surface area (Å²) in [5.74, 6) is 0.987. The lowest BCUT2D eigenvalue weighted by atomic mass is 10.0. The van der Waals surface area contributed by atoms with Crippen LogP contribution in [0.3, 0.4) is 0 Å². The summed E-state index contributed by atoms with van der Waals surface area (Å²) in [4.78, 5) is 5.32. The number of amidine groups is 1. The van der Waals surface area contributed by atoms with Crippen LogP contribution < -0.4 is 10.6 Å². The maximum Gasteiger partial charge on any atom is 0.230 e. The summed E-state index contributed by atoms with van der Waals surface area (Å²) in [6.07, 6.45) is -0.283. The summed E-state index contributed by atoms with van der Waals surface area (Å²) in [6.45, 7) is 0. The van der Waals surface area contributed by atoms with Crippen LogP contribution in [0.1, 0.15) is 29.0 Å². The highest BCUT2D eigenvalue weighted by atomic mass is 16.3. The van der Waals surface area contributed by atoms with Gasteiger partial charge in [-0.3, -0.25) is 5.32 Å². The van der Waals surface area contributed by atoms with Crippen molar-refractivity contribution in [1.82, 2.24) is 9.88 Å². The predicted octanol–water partition coefficient (Wildman–Crippen LogP) is 9.66. The monoisotopic (exact) mass is 645 g/mol. The van der Waals surface area contributed by atoms with E-state index in [9.17, 15) is 0 Å². The molecule has 2 aromatic heterocycles. The minimum Gasteiger partial charge on any atom is -0.456 e. The Labute approximate surface area is 289 Å². The number of para-hydroxylation sites is 2. The van der Waals surface area contributed by atoms with Gasteiger partial charge in [0, 0.05) is 32.8 Å². The standard InChI is InChI=1S/C45H32N4O/c1-3-13-29(14-4-1)31-17-11-18-32(25-31)44-46-43(30-15-5-2-6-16-30)47-45(48-44)33-19-12-20-34(26-33)49-39-23-9-7-21-35(39)37-28-42-38(27-40(37)49)36-22-8-10-24-41(36)50-42/h1-28,44-45,48H,(H,46,47)/p+1. The third-order valence-electron chi connectivity index (χ3n) is 9.97. The smallest absolute Gasteiger partial charge is 0.230 e. The zero-order valence-electron chi connectivity index (χ0n) is 27.2. The summed E-state index contributed by atoms with van der Waals surface area (Å²) in [5, 5.41) is 10.8. The van der Waals surface area contributed by atoms with Crippen LogP contribution in [0.15, 0.2) is 179 Å². The first kappa shape index (κ1) is 28.7. The van der Waals surface area contributed by atoms with Crippen molar-refractivity contribution in [3.63, 3.8) is 0 Å². The molecule has 0 saturated carbocycles. The van der Waals surface area contributed by atoms with Crippen LogP contribution >= 0.6 is 0 Å². The van der Waals surface area contributed by atoms with E-state index in [2.05, 4.69) is 173 Å². The van der Waals surface area contributed by atoms with Crippen molar-refractivity contribution in [2.24, 2.45) is 4.99 Å². The van der Waals surface area contributed by atoms with E-state index in [0.29, 0.717) is 0 Å². The maximum absolute atomic E-state index is 6.31. The molecule has 0 fully saturated rings. The Morgan fingerprint density at radius 3 is 2.06 bits per heavy atom. The van der Waals surface area contributed by atoms with Gasteiger partial charge in [-0.05, 0) is 71.3 Å². The molecule has 1 aliphatic heterocycles. The van der Waals surface area contributed by atoms with E-state index >= 15 is 0 Å². The van der Waals surface area contributed by atoms with Crippen LogP contribution in [0.5, 0.6) is 0 Å². The highest BCUT2D eigenvalue weighted by Gasteiger charge is 2.30. The number of benzene rings is 7. The quantitative estimate of drug-likeness (QED) is 0.196. The second-order valence-electron chi connectivity index (χ2n) is 13.0. The second kappa shape index (κ2) is 11.7. The van der Waals surface area contributed by atoms with Gasteiger partial charge in [0.2, 0.25) is 5.84 Å². The Balaban J connectivity index is 1.11. The normalized spacial score (nSPS) is 16.4. The van der Waals surface area contributed by atoms with Gasteiger partial charge >= 0.3 is 0 Å². The Hall–Kier alpha value is -6.27. The molecule has 5 heteroatoms. The number of hydrogen-bond donors (Lipinski definition) is 2. The molecule has 0 amide bonds. The average Bonchev–Trinajstić information content (AvgIpc) is 3.72. The number of fused-ring (bicyclic) bond motifs is 6. The van der Waals surface area contributed by atoms with Gasteiger partial charge in [-0.25, -0.2) is 10.3 Å². The van der Waals surface area contributed by atoms with Crippen LogP contribution in [0.2, 0.25) is 0 Å². The fraction of sp³-hybridized carbons (Fsp3) is 0.0444. The molecule has 5 nitrogen and oxygen atoms in total. The van der Waals surface area contributed by atoms with Crippen LogP contribution in [0.4, 0.5) is 0 Å². The first-order valence-electron chi connectivity index (χ1n) is 17.1. The molecular weight excluding hydrogens is 613 g/mol. The molecule has 238 valence electrons. The van der Waals surface area contributed by atoms with E-state index in [1.54, 1.807) is 0 Å². The van der Waals surface area contributed by atoms with Crippen molar-refractivity contribution in [1.29, 1.82) is 0 Å². The first-order valence-corrected chi connectivity index (χ1v) is 17.1. The lowest BCUT2D eigenvalue weighted by Gasteiger charge is -2.28. The van der Waals surface area contributed by atoms with Gasteiger partial charge in [0.25, 0.3) is 0 Å². The summed E-state index contributed by atoms with van der Waals surface area (Å²) in [5.41, 5.74) is 11.0. The summed E-state index contributed by atoms with van der Waals surface area (Å²) in [6, 6.07) is 60.1. The molecule has 3 N–H and O–H groups in total. The van der Waals surface area contributed by atoms with Gasteiger partial charge < -0.3 is 8.98 Å². The Bertz CT molecular complexity index is 2720. The number of furan rings is 1. The van der Waals surface area contributed by atoms with Crippen LogP contribution in [0, 0.1) is 0 Å². The van der Waals surface area contributed by atoms with Crippen molar-refractivity contribution < 1.29 is 9.73 Å². The van der Waals surface area contributed by atoms with Crippen LogP contribution in [0.25, 0.3) is 60.6 Å². The van der Waals surface area contributed by atoms with E-state index in [1.165, 1.54) is 27.5 Å². The number of aliphatic imine (C=N–C) groups is 1. The van der Waals surface area contributed by atoms with Crippen LogP contribution in [-0.4, -0.2) is 10.4 Å². The minimum absolute atomic E-state index is 0.0316. The van der Waals surface area contributed by atoms with Gasteiger partial charge in [0.05, 0.1) is 16.6 Å². The number of nitrogens with one attached hydrogen (secondary N) is 1. The Morgan fingerprint density at radius 2 is 1.20 bits per heavy atom. The molecule has 2 atom stereocenters. The summed E-state index contributed by atoms with van der Waals surface area (Å²) in [7, 11) is 0. The molecule has 2 unspecified atom stereocenters. The van der Waals surface area contributed by atoms with Gasteiger partial charge in [0.15, 0.2) is 6.17 Å². The molecule has 9 aromatic rings. The Morgan fingerprint density at radius 1 is 0.500 bits per heavy atom. The third-order valence-corrected chi connectivity index (χ3v) is 9.97.